The molecule has 2 heterocycles. The zero-order chi connectivity index (χ0) is 14.8. The lowest BCUT2D eigenvalue weighted by atomic mass is 10.3. The van der Waals surface area contributed by atoms with Crippen molar-refractivity contribution in [2.75, 3.05) is 25.9 Å². The predicted octanol–water partition coefficient (Wildman–Crippen LogP) is 1.32. The van der Waals surface area contributed by atoms with E-state index in [0.29, 0.717) is 24.5 Å². The molecule has 1 atom stereocenters. The molecule has 2 N–H and O–H groups in total. The van der Waals surface area contributed by atoms with Crippen LogP contribution < -0.4 is 5.73 Å². The lowest BCUT2D eigenvalue weighted by molar-refractivity contribution is 0.0718. The highest BCUT2D eigenvalue weighted by Crippen LogP contribution is 2.16. The number of amides is 1. The summed E-state index contributed by atoms with van der Waals surface area (Å²) in [7, 11) is 1.67. The number of nitrogens with zero attached hydrogens (tertiary/aromatic N) is 3. The van der Waals surface area contributed by atoms with Crippen molar-refractivity contribution in [3.63, 3.8) is 0 Å². The molecule has 3 rings (SSSR count). The first-order valence-electron chi connectivity index (χ1n) is 6.91. The molecule has 1 fully saturated rings. The molecule has 1 aromatic heterocycles. The number of likely N-dealkylation sites (tertiary alicyclic amines) is 1. The highest BCUT2D eigenvalue weighted by atomic mass is 16.5. The van der Waals surface area contributed by atoms with E-state index in [9.17, 15) is 4.79 Å². The first-order valence-corrected chi connectivity index (χ1v) is 6.91. The summed E-state index contributed by atoms with van der Waals surface area (Å²) in [6.07, 6.45) is 2.77. The van der Waals surface area contributed by atoms with Crippen molar-refractivity contribution >= 4 is 11.6 Å². The second kappa shape index (κ2) is 5.57. The van der Waals surface area contributed by atoms with Gasteiger partial charge < -0.3 is 15.4 Å². The average molecular weight is 286 g/mol. The van der Waals surface area contributed by atoms with Crippen molar-refractivity contribution in [3.05, 3.63) is 42.2 Å². The van der Waals surface area contributed by atoms with E-state index in [4.69, 9.17) is 10.5 Å². The maximum atomic E-state index is 12.4. The Hall–Kier alpha value is -2.34. The molecule has 0 spiro atoms. The van der Waals surface area contributed by atoms with Gasteiger partial charge in [-0.15, -0.1) is 0 Å². The summed E-state index contributed by atoms with van der Waals surface area (Å²) in [5.74, 6) is -0.0581. The summed E-state index contributed by atoms with van der Waals surface area (Å²) < 4.78 is 6.94. The number of hydrogen-bond donors (Lipinski definition) is 1. The van der Waals surface area contributed by atoms with Crippen LogP contribution in [0.3, 0.4) is 0 Å². The molecule has 1 saturated heterocycles. The van der Waals surface area contributed by atoms with E-state index in [0.717, 1.165) is 12.1 Å². The molecule has 0 aliphatic carbocycles. The number of rotatable bonds is 3. The van der Waals surface area contributed by atoms with Crippen LogP contribution in [0.1, 0.15) is 16.9 Å². The highest BCUT2D eigenvalue weighted by Gasteiger charge is 2.27. The van der Waals surface area contributed by atoms with Gasteiger partial charge in [-0.2, -0.15) is 5.10 Å². The monoisotopic (exact) mass is 286 g/mol. The van der Waals surface area contributed by atoms with Gasteiger partial charge >= 0.3 is 0 Å². The van der Waals surface area contributed by atoms with Gasteiger partial charge in [0.05, 0.1) is 11.8 Å². The minimum atomic E-state index is -0.0581. The van der Waals surface area contributed by atoms with Crippen molar-refractivity contribution in [3.8, 4) is 5.69 Å². The number of benzene rings is 1. The number of nitrogens with two attached hydrogens (primary N) is 1. The normalized spacial score (nSPS) is 18.1. The summed E-state index contributed by atoms with van der Waals surface area (Å²) in [5.41, 5.74) is 7.70. The summed E-state index contributed by atoms with van der Waals surface area (Å²) in [6.45, 7) is 1.34. The van der Waals surface area contributed by atoms with Gasteiger partial charge in [0.15, 0.2) is 5.69 Å². The van der Waals surface area contributed by atoms with Gasteiger partial charge in [0.1, 0.15) is 0 Å². The number of hydrogen-bond acceptors (Lipinski definition) is 4. The lowest BCUT2D eigenvalue weighted by Crippen LogP contribution is -2.30. The fourth-order valence-electron chi connectivity index (χ4n) is 2.52. The molecule has 1 aliphatic heterocycles. The second-order valence-electron chi connectivity index (χ2n) is 5.14. The van der Waals surface area contributed by atoms with Gasteiger partial charge in [-0.25, -0.2) is 4.68 Å². The van der Waals surface area contributed by atoms with E-state index >= 15 is 0 Å². The molecule has 2 aromatic rings. The fraction of sp³-hybridized carbons (Fsp3) is 0.333. The number of ether oxygens (including phenoxy) is 1. The van der Waals surface area contributed by atoms with Gasteiger partial charge in [0, 0.05) is 32.1 Å². The molecule has 1 aromatic carbocycles. The van der Waals surface area contributed by atoms with Gasteiger partial charge in [0.2, 0.25) is 0 Å². The molecule has 6 heteroatoms. The van der Waals surface area contributed by atoms with Crippen molar-refractivity contribution < 1.29 is 9.53 Å². The van der Waals surface area contributed by atoms with Gasteiger partial charge in [0.25, 0.3) is 5.91 Å². The van der Waals surface area contributed by atoms with Crippen LogP contribution in [-0.4, -0.2) is 46.9 Å². The maximum absolute atomic E-state index is 12.4. The first kappa shape index (κ1) is 13.6. The van der Waals surface area contributed by atoms with Crippen LogP contribution in [0.15, 0.2) is 36.5 Å². The van der Waals surface area contributed by atoms with Crippen LogP contribution in [0.25, 0.3) is 5.69 Å². The third-order valence-corrected chi connectivity index (χ3v) is 3.71. The molecule has 0 saturated carbocycles. The van der Waals surface area contributed by atoms with E-state index < -0.39 is 0 Å². The summed E-state index contributed by atoms with van der Waals surface area (Å²) in [6, 6.07) is 9.11. The quantitative estimate of drug-likeness (QED) is 0.864. The van der Waals surface area contributed by atoms with Crippen LogP contribution in [0.5, 0.6) is 0 Å². The van der Waals surface area contributed by atoms with Crippen molar-refractivity contribution in [2.45, 2.75) is 12.5 Å². The smallest absolute Gasteiger partial charge is 0.274 e. The highest BCUT2D eigenvalue weighted by molar-refractivity contribution is 5.92. The number of methoxy groups -OCH3 is 1. The number of carbonyl (C=O) groups excluding carboxylic acids is 1. The van der Waals surface area contributed by atoms with Crippen LogP contribution >= 0.6 is 0 Å². The molecular weight excluding hydrogens is 268 g/mol. The molecular formula is C15H18N4O2. The van der Waals surface area contributed by atoms with E-state index in [2.05, 4.69) is 5.10 Å². The molecule has 1 aliphatic rings. The Morgan fingerprint density at radius 1 is 1.43 bits per heavy atom. The minimum Gasteiger partial charge on any atom is -0.399 e. The third-order valence-electron chi connectivity index (χ3n) is 3.71. The SMILES string of the molecule is COC1CCN(C(=O)c2ccn(-c3cccc(N)c3)n2)C1. The minimum absolute atomic E-state index is 0.0581. The number of nitrogen functional groups attached to an aromatic ring is 1. The molecule has 110 valence electrons. The molecule has 6 nitrogen and oxygen atoms in total. The van der Waals surface area contributed by atoms with E-state index in [1.165, 1.54) is 0 Å². The molecule has 0 radical (unpaired) electrons. The topological polar surface area (TPSA) is 73.4 Å². The molecule has 1 amide bonds. The molecule has 1 unspecified atom stereocenters. The Kier molecular flexibility index (Phi) is 3.62. The van der Waals surface area contributed by atoms with E-state index in [1.807, 2.05) is 24.3 Å². The molecule has 21 heavy (non-hydrogen) atoms. The number of aromatic nitrogens is 2. The summed E-state index contributed by atoms with van der Waals surface area (Å²) in [4.78, 5) is 14.2. The van der Waals surface area contributed by atoms with E-state index in [1.54, 1.807) is 29.0 Å². The van der Waals surface area contributed by atoms with Crippen molar-refractivity contribution in [2.24, 2.45) is 0 Å². The zero-order valence-electron chi connectivity index (χ0n) is 11.9. The Bertz CT molecular complexity index is 653. The van der Waals surface area contributed by atoms with Gasteiger partial charge in [-0.1, -0.05) is 6.07 Å². The molecule has 0 bridgehead atoms. The van der Waals surface area contributed by atoms with Crippen molar-refractivity contribution in [1.82, 2.24) is 14.7 Å². The predicted molar refractivity (Wildman–Crippen MR) is 79.3 cm³/mol. The van der Waals surface area contributed by atoms with Crippen LogP contribution in [0.2, 0.25) is 0 Å². The number of anilines is 1. The van der Waals surface area contributed by atoms with Crippen LogP contribution in [0, 0.1) is 0 Å². The second-order valence-corrected chi connectivity index (χ2v) is 5.14. The fourth-order valence-corrected chi connectivity index (χ4v) is 2.52. The Labute approximate surface area is 123 Å². The maximum Gasteiger partial charge on any atom is 0.274 e. The van der Waals surface area contributed by atoms with Gasteiger partial charge in [-0.3, -0.25) is 4.79 Å². The van der Waals surface area contributed by atoms with Crippen LogP contribution in [-0.2, 0) is 4.74 Å². The Morgan fingerprint density at radius 2 is 2.29 bits per heavy atom. The largest absolute Gasteiger partial charge is 0.399 e. The number of carbonyl (C=O) groups is 1. The van der Waals surface area contributed by atoms with Crippen molar-refractivity contribution in [1.29, 1.82) is 0 Å². The first-order chi connectivity index (χ1) is 10.2. The third kappa shape index (κ3) is 2.75. The lowest BCUT2D eigenvalue weighted by Gasteiger charge is -2.14. The zero-order valence-corrected chi connectivity index (χ0v) is 11.9. The summed E-state index contributed by atoms with van der Waals surface area (Å²) in [5, 5.41) is 4.35. The standard InChI is InChI=1S/C15H18N4O2/c1-21-13-5-7-18(10-13)15(20)14-6-8-19(17-14)12-4-2-3-11(16)9-12/h2-4,6,8-9,13H,5,7,10,16H2,1H3. The Morgan fingerprint density at radius 3 is 3.00 bits per heavy atom. The van der Waals surface area contributed by atoms with Crippen LogP contribution in [0.4, 0.5) is 5.69 Å². The van der Waals surface area contributed by atoms with Gasteiger partial charge in [-0.05, 0) is 30.7 Å². The Balaban J connectivity index is 1.77. The average Bonchev–Trinajstić information content (AvgIpc) is 3.16. The summed E-state index contributed by atoms with van der Waals surface area (Å²) >= 11 is 0. The van der Waals surface area contributed by atoms with E-state index in [-0.39, 0.29) is 12.0 Å².